The highest BCUT2D eigenvalue weighted by Gasteiger charge is 2.20. The third kappa shape index (κ3) is 7.20. The van der Waals surface area contributed by atoms with Gasteiger partial charge in [0.25, 0.3) is 0 Å². The quantitative estimate of drug-likeness (QED) is 0.560. The fourth-order valence-electron chi connectivity index (χ4n) is 1.56. The minimum absolute atomic E-state index is 0.332. The molecular weight excluding hydrogens is 200 g/mol. The maximum absolute atomic E-state index is 5.95. The lowest BCUT2D eigenvalue weighted by molar-refractivity contribution is 0.122. The van der Waals surface area contributed by atoms with Crippen LogP contribution in [0.1, 0.15) is 39.5 Å². The largest absolute Gasteiger partial charge is 0.381 e. The average molecular weight is 228 g/mol. The number of nitrogens with two attached hydrogens (primary N) is 1. The average Bonchev–Trinajstić information content (AvgIpc) is 3.05. The second kappa shape index (κ2) is 8.04. The van der Waals surface area contributed by atoms with Gasteiger partial charge in [0.1, 0.15) is 0 Å². The minimum atomic E-state index is 0.332. The Labute approximate surface area is 100 Å². The zero-order valence-electron chi connectivity index (χ0n) is 10.9. The van der Waals surface area contributed by atoms with Gasteiger partial charge in [0, 0.05) is 19.3 Å². The van der Waals surface area contributed by atoms with Gasteiger partial charge in [-0.3, -0.25) is 0 Å². The molecule has 0 bridgehead atoms. The third-order valence-electron chi connectivity index (χ3n) is 3.20. The zero-order chi connectivity index (χ0) is 11.8. The lowest BCUT2D eigenvalue weighted by atomic mass is 10.0. The number of rotatable bonds is 10. The molecule has 0 aromatic rings. The van der Waals surface area contributed by atoms with Crippen molar-refractivity contribution < 1.29 is 4.74 Å². The van der Waals surface area contributed by atoms with Crippen molar-refractivity contribution in [3.05, 3.63) is 0 Å². The standard InChI is InChI=1S/C13H28N2O/c1-11(2)13(14)6-8-15-7-3-9-16-10-12-4-5-12/h11-13,15H,3-10,14H2,1-2H3. The van der Waals surface area contributed by atoms with Crippen molar-refractivity contribution >= 4 is 0 Å². The van der Waals surface area contributed by atoms with Crippen LogP contribution in [-0.2, 0) is 4.74 Å². The van der Waals surface area contributed by atoms with Crippen LogP contribution in [0.5, 0.6) is 0 Å². The van der Waals surface area contributed by atoms with E-state index in [4.69, 9.17) is 10.5 Å². The smallest absolute Gasteiger partial charge is 0.0494 e. The molecule has 3 heteroatoms. The Morgan fingerprint density at radius 2 is 2.06 bits per heavy atom. The Kier molecular flexibility index (Phi) is 7.01. The molecule has 0 aromatic heterocycles. The van der Waals surface area contributed by atoms with Crippen molar-refractivity contribution in [2.45, 2.75) is 45.6 Å². The molecule has 0 saturated heterocycles. The summed E-state index contributed by atoms with van der Waals surface area (Å²) in [5.74, 6) is 1.47. The summed E-state index contributed by atoms with van der Waals surface area (Å²) in [5, 5.41) is 3.41. The van der Waals surface area contributed by atoms with E-state index in [1.165, 1.54) is 12.8 Å². The molecule has 0 radical (unpaired) electrons. The molecule has 0 amide bonds. The number of hydrogen-bond donors (Lipinski definition) is 2. The first-order valence-electron chi connectivity index (χ1n) is 6.74. The maximum Gasteiger partial charge on any atom is 0.0494 e. The molecule has 0 heterocycles. The van der Waals surface area contributed by atoms with Crippen molar-refractivity contribution in [3.8, 4) is 0 Å². The van der Waals surface area contributed by atoms with E-state index in [9.17, 15) is 0 Å². The van der Waals surface area contributed by atoms with Gasteiger partial charge in [0.15, 0.2) is 0 Å². The van der Waals surface area contributed by atoms with Crippen LogP contribution in [0.2, 0.25) is 0 Å². The predicted molar refractivity (Wildman–Crippen MR) is 68.5 cm³/mol. The van der Waals surface area contributed by atoms with E-state index in [1.54, 1.807) is 0 Å². The molecule has 3 N–H and O–H groups in total. The molecule has 0 aromatic carbocycles. The second-order valence-electron chi connectivity index (χ2n) is 5.32. The highest BCUT2D eigenvalue weighted by Crippen LogP contribution is 2.28. The first kappa shape index (κ1) is 13.9. The molecule has 16 heavy (non-hydrogen) atoms. The van der Waals surface area contributed by atoms with Crippen LogP contribution < -0.4 is 11.1 Å². The highest BCUT2D eigenvalue weighted by atomic mass is 16.5. The van der Waals surface area contributed by atoms with E-state index in [-0.39, 0.29) is 0 Å². The molecule has 1 saturated carbocycles. The van der Waals surface area contributed by atoms with Gasteiger partial charge in [0.2, 0.25) is 0 Å². The normalized spacial score (nSPS) is 18.0. The topological polar surface area (TPSA) is 47.3 Å². The molecule has 0 spiro atoms. The molecule has 3 nitrogen and oxygen atoms in total. The van der Waals surface area contributed by atoms with E-state index < -0.39 is 0 Å². The number of nitrogens with one attached hydrogen (secondary N) is 1. The van der Waals surface area contributed by atoms with Gasteiger partial charge in [0.05, 0.1) is 0 Å². The molecule has 1 atom stereocenters. The lowest BCUT2D eigenvalue weighted by Crippen LogP contribution is -2.31. The predicted octanol–water partition coefficient (Wildman–Crippen LogP) is 1.77. The SMILES string of the molecule is CC(C)C(N)CCNCCCOCC1CC1. The van der Waals surface area contributed by atoms with Crippen molar-refractivity contribution in [2.75, 3.05) is 26.3 Å². The van der Waals surface area contributed by atoms with Crippen LogP contribution in [-0.4, -0.2) is 32.3 Å². The summed E-state index contributed by atoms with van der Waals surface area (Å²) in [6.45, 7) is 8.32. The Morgan fingerprint density at radius 3 is 2.69 bits per heavy atom. The van der Waals surface area contributed by atoms with E-state index >= 15 is 0 Å². The van der Waals surface area contributed by atoms with Crippen LogP contribution in [0.15, 0.2) is 0 Å². The van der Waals surface area contributed by atoms with Gasteiger partial charge in [-0.05, 0) is 50.6 Å². The number of ether oxygens (including phenoxy) is 1. The summed E-state index contributed by atoms with van der Waals surface area (Å²) in [5.41, 5.74) is 5.95. The summed E-state index contributed by atoms with van der Waals surface area (Å²) in [4.78, 5) is 0. The Bertz CT molecular complexity index is 169. The van der Waals surface area contributed by atoms with Crippen molar-refractivity contribution in [1.29, 1.82) is 0 Å². The summed E-state index contributed by atoms with van der Waals surface area (Å²) >= 11 is 0. The third-order valence-corrected chi connectivity index (χ3v) is 3.20. The van der Waals surface area contributed by atoms with Gasteiger partial charge in [-0.25, -0.2) is 0 Å². The Morgan fingerprint density at radius 1 is 1.31 bits per heavy atom. The first-order chi connectivity index (χ1) is 7.70. The fraction of sp³-hybridized carbons (Fsp3) is 1.00. The second-order valence-corrected chi connectivity index (χ2v) is 5.32. The van der Waals surface area contributed by atoms with Gasteiger partial charge in [-0.2, -0.15) is 0 Å². The molecule has 0 aliphatic heterocycles. The van der Waals surface area contributed by atoms with Crippen LogP contribution in [0.25, 0.3) is 0 Å². The zero-order valence-corrected chi connectivity index (χ0v) is 10.9. The maximum atomic E-state index is 5.95. The molecular formula is C13H28N2O. The van der Waals surface area contributed by atoms with E-state index in [0.717, 1.165) is 45.1 Å². The van der Waals surface area contributed by atoms with Gasteiger partial charge in [-0.15, -0.1) is 0 Å². The highest BCUT2D eigenvalue weighted by molar-refractivity contribution is 4.72. The van der Waals surface area contributed by atoms with Crippen LogP contribution in [0, 0.1) is 11.8 Å². The van der Waals surface area contributed by atoms with E-state index in [0.29, 0.717) is 12.0 Å². The van der Waals surface area contributed by atoms with Crippen LogP contribution in [0.4, 0.5) is 0 Å². The summed E-state index contributed by atoms with van der Waals surface area (Å²) in [6.07, 6.45) is 4.95. The molecule has 1 rings (SSSR count). The van der Waals surface area contributed by atoms with Gasteiger partial charge >= 0.3 is 0 Å². The molecule has 1 aliphatic rings. The molecule has 96 valence electrons. The molecule has 1 unspecified atom stereocenters. The lowest BCUT2D eigenvalue weighted by Gasteiger charge is -2.15. The van der Waals surface area contributed by atoms with Crippen LogP contribution >= 0.6 is 0 Å². The van der Waals surface area contributed by atoms with E-state index in [2.05, 4.69) is 19.2 Å². The molecule has 1 aliphatic carbocycles. The van der Waals surface area contributed by atoms with Gasteiger partial charge in [-0.1, -0.05) is 13.8 Å². The van der Waals surface area contributed by atoms with Crippen LogP contribution in [0.3, 0.4) is 0 Å². The first-order valence-corrected chi connectivity index (χ1v) is 6.74. The number of hydrogen-bond acceptors (Lipinski definition) is 3. The van der Waals surface area contributed by atoms with E-state index in [1.807, 2.05) is 0 Å². The van der Waals surface area contributed by atoms with Crippen molar-refractivity contribution in [2.24, 2.45) is 17.6 Å². The minimum Gasteiger partial charge on any atom is -0.381 e. The fourth-order valence-corrected chi connectivity index (χ4v) is 1.56. The summed E-state index contributed by atoms with van der Waals surface area (Å²) < 4.78 is 5.56. The Hall–Kier alpha value is -0.120. The Balaban J connectivity index is 1.73. The molecule has 1 fully saturated rings. The summed E-state index contributed by atoms with van der Waals surface area (Å²) in [6, 6.07) is 0.332. The van der Waals surface area contributed by atoms with Gasteiger partial charge < -0.3 is 15.8 Å². The monoisotopic (exact) mass is 228 g/mol. The van der Waals surface area contributed by atoms with Crippen molar-refractivity contribution in [3.63, 3.8) is 0 Å². The van der Waals surface area contributed by atoms with Crippen molar-refractivity contribution in [1.82, 2.24) is 5.32 Å². The summed E-state index contributed by atoms with van der Waals surface area (Å²) in [7, 11) is 0.